The molecule has 2 atom stereocenters. The van der Waals surface area contributed by atoms with E-state index in [9.17, 15) is 0 Å². The average molecular weight is 186 g/mol. The zero-order valence-electron chi connectivity index (χ0n) is 10.1. The van der Waals surface area contributed by atoms with Crippen molar-refractivity contribution < 1.29 is 0 Å². The van der Waals surface area contributed by atoms with E-state index in [1.165, 1.54) is 6.42 Å². The van der Waals surface area contributed by atoms with E-state index in [0.29, 0.717) is 12.1 Å². The van der Waals surface area contributed by atoms with Gasteiger partial charge >= 0.3 is 0 Å². The highest BCUT2D eigenvalue weighted by molar-refractivity contribution is 4.72. The maximum absolute atomic E-state index is 3.61. The van der Waals surface area contributed by atoms with Gasteiger partial charge in [0.15, 0.2) is 0 Å². The molecule has 0 aliphatic carbocycles. The predicted molar refractivity (Wildman–Crippen MR) is 60.1 cm³/mol. The van der Waals surface area contributed by atoms with Gasteiger partial charge in [0.25, 0.3) is 0 Å². The van der Waals surface area contributed by atoms with Crippen LogP contribution in [-0.4, -0.2) is 37.6 Å². The molecule has 0 aromatic carbocycles. The van der Waals surface area contributed by atoms with Gasteiger partial charge < -0.3 is 10.2 Å². The van der Waals surface area contributed by atoms with Crippen molar-refractivity contribution in [3.05, 3.63) is 0 Å². The molecular formula is C11H26N2. The summed E-state index contributed by atoms with van der Waals surface area (Å²) in [6.07, 6.45) is 1.22. The van der Waals surface area contributed by atoms with Crippen molar-refractivity contribution in [1.82, 2.24) is 10.2 Å². The Labute approximate surface area is 83.7 Å². The van der Waals surface area contributed by atoms with Crippen molar-refractivity contribution in [3.63, 3.8) is 0 Å². The fraction of sp³-hybridized carbons (Fsp3) is 1.00. The third-order valence-electron chi connectivity index (χ3n) is 2.80. The number of nitrogens with zero attached hydrogens (tertiary/aromatic N) is 1. The standard InChI is InChI=1S/C11H26N2/c1-7-11(9(2)3)12-8-10(4)13(5)6/h9-12H,7-8H2,1-6H3. The predicted octanol–water partition coefficient (Wildman–Crippen LogP) is 1.96. The van der Waals surface area contributed by atoms with Gasteiger partial charge in [-0.3, -0.25) is 0 Å². The van der Waals surface area contributed by atoms with Crippen LogP contribution in [0.4, 0.5) is 0 Å². The molecule has 0 bridgehead atoms. The number of likely N-dealkylation sites (N-methyl/N-ethyl adjacent to an activating group) is 1. The second kappa shape index (κ2) is 6.39. The summed E-state index contributed by atoms with van der Waals surface area (Å²) >= 11 is 0. The summed E-state index contributed by atoms with van der Waals surface area (Å²) in [4.78, 5) is 2.25. The molecule has 0 amide bonds. The first kappa shape index (κ1) is 12.9. The van der Waals surface area contributed by atoms with Crippen molar-refractivity contribution in [2.24, 2.45) is 5.92 Å². The van der Waals surface area contributed by atoms with Gasteiger partial charge in [0.1, 0.15) is 0 Å². The Balaban J connectivity index is 3.72. The van der Waals surface area contributed by atoms with Crippen LogP contribution in [0.25, 0.3) is 0 Å². The van der Waals surface area contributed by atoms with Crippen LogP contribution in [0.15, 0.2) is 0 Å². The van der Waals surface area contributed by atoms with E-state index >= 15 is 0 Å². The van der Waals surface area contributed by atoms with Crippen LogP contribution < -0.4 is 5.32 Å². The summed E-state index contributed by atoms with van der Waals surface area (Å²) < 4.78 is 0. The van der Waals surface area contributed by atoms with Crippen LogP contribution in [0.5, 0.6) is 0 Å². The second-order valence-corrected chi connectivity index (χ2v) is 4.48. The highest BCUT2D eigenvalue weighted by atomic mass is 15.1. The summed E-state index contributed by atoms with van der Waals surface area (Å²) in [5, 5.41) is 3.61. The summed E-state index contributed by atoms with van der Waals surface area (Å²) in [7, 11) is 4.26. The van der Waals surface area contributed by atoms with Gasteiger partial charge in [-0.15, -0.1) is 0 Å². The Morgan fingerprint density at radius 2 is 1.69 bits per heavy atom. The van der Waals surface area contributed by atoms with Crippen molar-refractivity contribution in [2.75, 3.05) is 20.6 Å². The first-order valence-corrected chi connectivity index (χ1v) is 5.38. The first-order chi connectivity index (χ1) is 5.99. The van der Waals surface area contributed by atoms with E-state index in [0.717, 1.165) is 12.5 Å². The Hall–Kier alpha value is -0.0800. The molecule has 2 nitrogen and oxygen atoms in total. The molecule has 0 heterocycles. The Bertz CT molecular complexity index is 121. The normalized spacial score (nSPS) is 16.6. The Kier molecular flexibility index (Phi) is 6.35. The molecule has 0 aromatic heterocycles. The summed E-state index contributed by atoms with van der Waals surface area (Å²) in [5.41, 5.74) is 0. The van der Waals surface area contributed by atoms with E-state index in [-0.39, 0.29) is 0 Å². The lowest BCUT2D eigenvalue weighted by Crippen LogP contribution is -2.42. The zero-order valence-corrected chi connectivity index (χ0v) is 10.1. The zero-order chi connectivity index (χ0) is 10.4. The molecule has 2 unspecified atom stereocenters. The molecule has 0 saturated carbocycles. The molecule has 0 aliphatic rings. The minimum absolute atomic E-state index is 0.618. The fourth-order valence-corrected chi connectivity index (χ4v) is 1.36. The lowest BCUT2D eigenvalue weighted by atomic mass is 10.0. The summed E-state index contributed by atoms with van der Waals surface area (Å²) in [6, 6.07) is 1.29. The summed E-state index contributed by atoms with van der Waals surface area (Å²) in [6.45, 7) is 10.1. The van der Waals surface area contributed by atoms with Crippen LogP contribution in [-0.2, 0) is 0 Å². The highest BCUT2D eigenvalue weighted by Crippen LogP contribution is 2.05. The molecule has 0 spiro atoms. The molecular weight excluding hydrogens is 160 g/mol. The van der Waals surface area contributed by atoms with Gasteiger partial charge in [0.05, 0.1) is 0 Å². The minimum atomic E-state index is 0.618. The molecule has 0 rings (SSSR count). The van der Waals surface area contributed by atoms with Gasteiger partial charge in [-0.1, -0.05) is 20.8 Å². The molecule has 2 heteroatoms. The van der Waals surface area contributed by atoms with E-state index in [1.54, 1.807) is 0 Å². The summed E-state index contributed by atoms with van der Waals surface area (Å²) in [5.74, 6) is 0.736. The second-order valence-electron chi connectivity index (χ2n) is 4.48. The lowest BCUT2D eigenvalue weighted by molar-refractivity contribution is 0.277. The van der Waals surface area contributed by atoms with Gasteiger partial charge in [0.2, 0.25) is 0 Å². The van der Waals surface area contributed by atoms with Crippen LogP contribution in [0.3, 0.4) is 0 Å². The maximum atomic E-state index is 3.61. The SMILES string of the molecule is CCC(NCC(C)N(C)C)C(C)C. The minimum Gasteiger partial charge on any atom is -0.312 e. The van der Waals surface area contributed by atoms with Crippen LogP contribution in [0.1, 0.15) is 34.1 Å². The van der Waals surface area contributed by atoms with Crippen molar-refractivity contribution in [1.29, 1.82) is 0 Å². The number of rotatable bonds is 6. The van der Waals surface area contributed by atoms with Crippen LogP contribution in [0, 0.1) is 5.92 Å². The van der Waals surface area contributed by atoms with Crippen LogP contribution in [0.2, 0.25) is 0 Å². The molecule has 0 aromatic rings. The van der Waals surface area contributed by atoms with E-state index in [4.69, 9.17) is 0 Å². The smallest absolute Gasteiger partial charge is 0.0186 e. The van der Waals surface area contributed by atoms with Crippen molar-refractivity contribution in [3.8, 4) is 0 Å². The molecule has 1 N–H and O–H groups in total. The lowest BCUT2D eigenvalue weighted by Gasteiger charge is -2.26. The van der Waals surface area contributed by atoms with Gasteiger partial charge in [-0.25, -0.2) is 0 Å². The number of hydrogen-bond acceptors (Lipinski definition) is 2. The number of nitrogens with one attached hydrogen (secondary N) is 1. The topological polar surface area (TPSA) is 15.3 Å². The monoisotopic (exact) mass is 186 g/mol. The van der Waals surface area contributed by atoms with E-state index in [2.05, 4.69) is 52.0 Å². The average Bonchev–Trinajstić information content (AvgIpc) is 2.04. The van der Waals surface area contributed by atoms with Gasteiger partial charge in [-0.2, -0.15) is 0 Å². The largest absolute Gasteiger partial charge is 0.312 e. The third-order valence-corrected chi connectivity index (χ3v) is 2.80. The van der Waals surface area contributed by atoms with E-state index in [1.807, 2.05) is 0 Å². The molecule has 0 fully saturated rings. The molecule has 0 saturated heterocycles. The van der Waals surface area contributed by atoms with Crippen LogP contribution >= 0.6 is 0 Å². The van der Waals surface area contributed by atoms with Crippen molar-refractivity contribution >= 4 is 0 Å². The van der Waals surface area contributed by atoms with Gasteiger partial charge in [0, 0.05) is 18.6 Å². The highest BCUT2D eigenvalue weighted by Gasteiger charge is 2.12. The molecule has 80 valence electrons. The molecule has 0 aliphatic heterocycles. The van der Waals surface area contributed by atoms with Crippen molar-refractivity contribution in [2.45, 2.75) is 46.2 Å². The fourth-order valence-electron chi connectivity index (χ4n) is 1.36. The Morgan fingerprint density at radius 3 is 2.00 bits per heavy atom. The van der Waals surface area contributed by atoms with Gasteiger partial charge in [-0.05, 0) is 33.4 Å². The quantitative estimate of drug-likeness (QED) is 0.682. The first-order valence-electron chi connectivity index (χ1n) is 5.38. The molecule has 0 radical (unpaired) electrons. The third kappa shape index (κ3) is 5.27. The number of hydrogen-bond donors (Lipinski definition) is 1. The Morgan fingerprint density at radius 1 is 1.15 bits per heavy atom. The van der Waals surface area contributed by atoms with E-state index < -0.39 is 0 Å². The molecule has 13 heavy (non-hydrogen) atoms. The maximum Gasteiger partial charge on any atom is 0.0186 e.